The molecule has 0 radical (unpaired) electrons. The van der Waals surface area contributed by atoms with Crippen LogP contribution in [0.25, 0.3) is 0 Å². The molecule has 1 rings (SSSR count). The van der Waals surface area contributed by atoms with Crippen LogP contribution < -0.4 is 5.32 Å². The molecule has 0 aromatic heterocycles. The first kappa shape index (κ1) is 18.0. The predicted octanol–water partition coefficient (Wildman–Crippen LogP) is 5.93. The number of nitrogens with one attached hydrogen (secondary N) is 1. The number of hydrogen-bond acceptors (Lipinski definition) is 1. The number of hydrogen-bond donors (Lipinski definition) is 1. The quantitative estimate of drug-likeness (QED) is 0.463. The molecule has 1 unspecified atom stereocenters. The van der Waals surface area contributed by atoms with Gasteiger partial charge in [-0.15, -0.1) is 0 Å². The Morgan fingerprint density at radius 2 is 1.55 bits per heavy atom. The molecule has 1 N–H and O–H groups in total. The van der Waals surface area contributed by atoms with Gasteiger partial charge in [0, 0.05) is 6.04 Å². The molecule has 1 fully saturated rings. The molecular weight excluding hydrogens is 242 g/mol. The lowest BCUT2D eigenvalue weighted by Crippen LogP contribution is -2.38. The van der Waals surface area contributed by atoms with Crippen LogP contribution in [0.3, 0.4) is 0 Å². The normalized spacial score (nSPS) is 24.8. The lowest BCUT2D eigenvalue weighted by Gasteiger charge is -2.34. The summed E-state index contributed by atoms with van der Waals surface area (Å²) in [4.78, 5) is 0. The summed E-state index contributed by atoms with van der Waals surface area (Å²) in [5.41, 5.74) is 0. The molecule has 0 amide bonds. The predicted molar refractivity (Wildman–Crippen MR) is 91.2 cm³/mol. The van der Waals surface area contributed by atoms with Crippen LogP contribution in [0.15, 0.2) is 0 Å². The van der Waals surface area contributed by atoms with Crippen molar-refractivity contribution in [1.29, 1.82) is 0 Å². The third-order valence-electron chi connectivity index (χ3n) is 5.26. The minimum absolute atomic E-state index is 0.809. The number of unbranched alkanes of at least 4 members (excludes halogenated alkanes) is 4. The van der Waals surface area contributed by atoms with E-state index >= 15 is 0 Å². The molecule has 1 heteroatoms. The van der Waals surface area contributed by atoms with Crippen LogP contribution in [0.1, 0.15) is 97.8 Å². The van der Waals surface area contributed by atoms with Crippen LogP contribution in [0.2, 0.25) is 0 Å². The molecule has 1 aliphatic rings. The van der Waals surface area contributed by atoms with Crippen molar-refractivity contribution in [2.24, 2.45) is 11.8 Å². The second-order valence-corrected chi connectivity index (χ2v) is 6.94. The molecule has 0 bridgehead atoms. The van der Waals surface area contributed by atoms with E-state index in [0.29, 0.717) is 0 Å². The zero-order valence-corrected chi connectivity index (χ0v) is 14.4. The molecule has 120 valence electrons. The van der Waals surface area contributed by atoms with Gasteiger partial charge in [0.05, 0.1) is 0 Å². The summed E-state index contributed by atoms with van der Waals surface area (Å²) in [5, 5.41) is 3.79. The first-order valence-corrected chi connectivity index (χ1v) is 9.55. The maximum atomic E-state index is 3.79. The Hall–Kier alpha value is -0.0400. The Morgan fingerprint density at radius 3 is 2.15 bits per heavy atom. The average molecular weight is 282 g/mol. The van der Waals surface area contributed by atoms with Gasteiger partial charge < -0.3 is 5.32 Å². The minimum Gasteiger partial charge on any atom is -0.314 e. The van der Waals surface area contributed by atoms with Crippen LogP contribution in [-0.2, 0) is 0 Å². The smallest absolute Gasteiger partial charge is 0.00952 e. The van der Waals surface area contributed by atoms with Crippen LogP contribution in [-0.4, -0.2) is 12.6 Å². The molecule has 0 aliphatic heterocycles. The van der Waals surface area contributed by atoms with Gasteiger partial charge in [0.1, 0.15) is 0 Å². The van der Waals surface area contributed by atoms with Crippen molar-refractivity contribution in [3.05, 3.63) is 0 Å². The standard InChI is InChI=1S/C19H39N/c1-4-7-9-10-12-19(20-6-3)18-15-13-17(14-16-18)11-8-5-2/h17-20H,4-16H2,1-3H3. The monoisotopic (exact) mass is 281 g/mol. The van der Waals surface area contributed by atoms with Gasteiger partial charge in [-0.3, -0.25) is 0 Å². The first-order chi connectivity index (χ1) is 9.81. The Balaban J connectivity index is 2.25. The van der Waals surface area contributed by atoms with Crippen LogP contribution >= 0.6 is 0 Å². The Kier molecular flexibility index (Phi) is 10.4. The Bertz CT molecular complexity index is 206. The van der Waals surface area contributed by atoms with Gasteiger partial charge in [-0.1, -0.05) is 78.6 Å². The third kappa shape index (κ3) is 7.11. The lowest BCUT2D eigenvalue weighted by atomic mass is 9.76. The van der Waals surface area contributed by atoms with Gasteiger partial charge >= 0.3 is 0 Å². The van der Waals surface area contributed by atoms with Crippen LogP contribution in [0.4, 0.5) is 0 Å². The highest BCUT2D eigenvalue weighted by Crippen LogP contribution is 2.34. The second-order valence-electron chi connectivity index (χ2n) is 6.94. The lowest BCUT2D eigenvalue weighted by molar-refractivity contribution is 0.205. The summed E-state index contributed by atoms with van der Waals surface area (Å²) < 4.78 is 0. The highest BCUT2D eigenvalue weighted by atomic mass is 14.9. The molecule has 1 nitrogen and oxygen atoms in total. The fourth-order valence-electron chi connectivity index (χ4n) is 3.93. The number of rotatable bonds is 11. The van der Waals surface area contributed by atoms with Gasteiger partial charge in [0.15, 0.2) is 0 Å². The molecular formula is C19H39N. The van der Waals surface area contributed by atoms with E-state index < -0.39 is 0 Å². The summed E-state index contributed by atoms with van der Waals surface area (Å²) >= 11 is 0. The van der Waals surface area contributed by atoms with Gasteiger partial charge in [0.25, 0.3) is 0 Å². The van der Waals surface area contributed by atoms with E-state index in [1.54, 1.807) is 0 Å². The molecule has 0 aromatic rings. The maximum Gasteiger partial charge on any atom is 0.00952 e. The minimum atomic E-state index is 0.809. The summed E-state index contributed by atoms with van der Waals surface area (Å²) in [7, 11) is 0. The largest absolute Gasteiger partial charge is 0.314 e. The Morgan fingerprint density at radius 1 is 0.850 bits per heavy atom. The van der Waals surface area contributed by atoms with Crippen LogP contribution in [0.5, 0.6) is 0 Å². The van der Waals surface area contributed by atoms with Gasteiger partial charge in [0.2, 0.25) is 0 Å². The fraction of sp³-hybridized carbons (Fsp3) is 1.00. The summed E-state index contributed by atoms with van der Waals surface area (Å²) in [6, 6.07) is 0.809. The SMILES string of the molecule is CCCCCCC(NCC)C1CCC(CCCC)CC1. The highest BCUT2D eigenvalue weighted by Gasteiger charge is 2.26. The van der Waals surface area contributed by atoms with Crippen molar-refractivity contribution in [1.82, 2.24) is 5.32 Å². The molecule has 0 aromatic carbocycles. The molecule has 0 heterocycles. The summed E-state index contributed by atoms with van der Waals surface area (Å²) in [6.45, 7) is 8.04. The average Bonchev–Trinajstić information content (AvgIpc) is 2.49. The molecule has 0 saturated heterocycles. The van der Waals surface area contributed by atoms with E-state index in [4.69, 9.17) is 0 Å². The van der Waals surface area contributed by atoms with Crippen molar-refractivity contribution >= 4 is 0 Å². The van der Waals surface area contributed by atoms with Gasteiger partial charge in [-0.25, -0.2) is 0 Å². The topological polar surface area (TPSA) is 12.0 Å². The third-order valence-corrected chi connectivity index (χ3v) is 5.26. The zero-order valence-electron chi connectivity index (χ0n) is 14.4. The fourth-order valence-corrected chi connectivity index (χ4v) is 3.93. The molecule has 1 aliphatic carbocycles. The van der Waals surface area contributed by atoms with Crippen molar-refractivity contribution in [2.45, 2.75) is 104 Å². The van der Waals surface area contributed by atoms with E-state index in [9.17, 15) is 0 Å². The van der Waals surface area contributed by atoms with Crippen molar-refractivity contribution < 1.29 is 0 Å². The van der Waals surface area contributed by atoms with Crippen molar-refractivity contribution in [2.75, 3.05) is 6.54 Å². The van der Waals surface area contributed by atoms with E-state index in [-0.39, 0.29) is 0 Å². The first-order valence-electron chi connectivity index (χ1n) is 9.55. The van der Waals surface area contributed by atoms with E-state index in [1.165, 1.54) is 77.0 Å². The van der Waals surface area contributed by atoms with Gasteiger partial charge in [-0.05, 0) is 37.6 Å². The van der Waals surface area contributed by atoms with Crippen LogP contribution in [0, 0.1) is 11.8 Å². The summed E-state index contributed by atoms with van der Waals surface area (Å²) in [5.74, 6) is 2.02. The highest BCUT2D eigenvalue weighted by molar-refractivity contribution is 4.82. The van der Waals surface area contributed by atoms with Crippen molar-refractivity contribution in [3.63, 3.8) is 0 Å². The van der Waals surface area contributed by atoms with Gasteiger partial charge in [-0.2, -0.15) is 0 Å². The molecule has 1 atom stereocenters. The molecule has 1 saturated carbocycles. The van der Waals surface area contributed by atoms with E-state index in [1.807, 2.05) is 0 Å². The molecule has 0 spiro atoms. The van der Waals surface area contributed by atoms with Crippen molar-refractivity contribution in [3.8, 4) is 0 Å². The second kappa shape index (κ2) is 11.6. The zero-order chi connectivity index (χ0) is 14.6. The summed E-state index contributed by atoms with van der Waals surface area (Å²) in [6.07, 6.45) is 17.3. The maximum absolute atomic E-state index is 3.79. The Labute approximate surface area is 128 Å². The molecule has 20 heavy (non-hydrogen) atoms. The van der Waals surface area contributed by atoms with E-state index in [2.05, 4.69) is 26.1 Å². The van der Waals surface area contributed by atoms with E-state index in [0.717, 1.165) is 24.4 Å².